The Kier molecular flexibility index (Phi) is 9.72. The third kappa shape index (κ3) is 6.55. The highest BCUT2D eigenvalue weighted by atomic mass is 79.9. The van der Waals surface area contributed by atoms with Gasteiger partial charge in [0.2, 0.25) is 0 Å². The van der Waals surface area contributed by atoms with Gasteiger partial charge in [0, 0.05) is 0 Å². The van der Waals surface area contributed by atoms with Crippen molar-refractivity contribution in [1.29, 1.82) is 0 Å². The molecule has 0 spiro atoms. The molecule has 2 aromatic carbocycles. The molecule has 0 saturated carbocycles. The number of nitrogens with one attached hydrogen (secondary N) is 1. The number of hydrogen-bond acceptors (Lipinski definition) is 6. The summed E-state index contributed by atoms with van der Waals surface area (Å²) in [6, 6.07) is 7.86. The molecule has 1 aliphatic heterocycles. The first-order valence-electron chi connectivity index (χ1n) is 11.3. The Morgan fingerprint density at radius 1 is 1.00 bits per heavy atom. The molecule has 2 aromatic rings. The standard InChI is InChI=1S/C26H26Br2N2O6/c1-4-9-35-21-8-7-16(14-22(21)34-6-3)15-30-25(32)18(24(31)29-26(30)33)11-17-12-19(27)23(20(28)13-17)36-10-5-2/h5,7-8,11-14H,2,4,6,9-10,15H2,1,3H3,(H,29,31,33)/b18-11+. The molecule has 190 valence electrons. The summed E-state index contributed by atoms with van der Waals surface area (Å²) in [6.45, 7) is 8.72. The maximum absolute atomic E-state index is 13.2. The molecule has 1 heterocycles. The number of carbonyl (C=O) groups excluding carboxylic acids is 3. The van der Waals surface area contributed by atoms with Crippen LogP contribution in [0.2, 0.25) is 0 Å². The summed E-state index contributed by atoms with van der Waals surface area (Å²) in [5, 5.41) is 2.24. The van der Waals surface area contributed by atoms with Gasteiger partial charge in [0.05, 0.1) is 28.7 Å². The van der Waals surface area contributed by atoms with E-state index in [1.54, 1.807) is 36.4 Å². The van der Waals surface area contributed by atoms with Crippen molar-refractivity contribution in [1.82, 2.24) is 10.2 Å². The highest BCUT2D eigenvalue weighted by Crippen LogP contribution is 2.36. The SMILES string of the molecule is C=CCOc1c(Br)cc(/C=C2\C(=O)NC(=O)N(Cc3ccc(OCCC)c(OCC)c3)C2=O)cc1Br. The second kappa shape index (κ2) is 12.7. The van der Waals surface area contributed by atoms with Gasteiger partial charge >= 0.3 is 6.03 Å². The monoisotopic (exact) mass is 620 g/mol. The third-order valence-corrected chi connectivity index (χ3v) is 6.15. The van der Waals surface area contributed by atoms with Crippen LogP contribution in [-0.2, 0) is 16.1 Å². The fourth-order valence-electron chi connectivity index (χ4n) is 3.38. The maximum Gasteiger partial charge on any atom is 0.331 e. The van der Waals surface area contributed by atoms with Crippen LogP contribution in [-0.4, -0.2) is 42.6 Å². The number of benzene rings is 2. The van der Waals surface area contributed by atoms with Crippen molar-refractivity contribution in [3.05, 3.63) is 68.6 Å². The summed E-state index contributed by atoms with van der Waals surface area (Å²) in [4.78, 5) is 39.3. The van der Waals surface area contributed by atoms with Crippen molar-refractivity contribution in [3.63, 3.8) is 0 Å². The number of halogens is 2. The molecule has 1 saturated heterocycles. The fraction of sp³-hybridized carbons (Fsp3) is 0.269. The van der Waals surface area contributed by atoms with E-state index in [4.69, 9.17) is 14.2 Å². The molecular formula is C26H26Br2N2O6. The van der Waals surface area contributed by atoms with Gasteiger partial charge in [0.25, 0.3) is 11.8 Å². The number of nitrogens with zero attached hydrogens (tertiary/aromatic N) is 1. The molecule has 0 unspecified atom stereocenters. The molecule has 0 atom stereocenters. The molecule has 3 rings (SSSR count). The van der Waals surface area contributed by atoms with E-state index in [1.165, 1.54) is 6.08 Å². The molecule has 0 radical (unpaired) electrons. The van der Waals surface area contributed by atoms with Gasteiger partial charge in [-0.25, -0.2) is 4.79 Å². The van der Waals surface area contributed by atoms with Crippen LogP contribution in [0.1, 0.15) is 31.4 Å². The first-order valence-corrected chi connectivity index (χ1v) is 12.9. The Morgan fingerprint density at radius 2 is 1.72 bits per heavy atom. The minimum absolute atomic E-state index is 0.0505. The Bertz CT molecular complexity index is 1190. The van der Waals surface area contributed by atoms with Gasteiger partial charge in [-0.15, -0.1) is 0 Å². The quantitative estimate of drug-likeness (QED) is 0.199. The predicted molar refractivity (Wildman–Crippen MR) is 143 cm³/mol. The lowest BCUT2D eigenvalue weighted by molar-refractivity contribution is -0.130. The normalized spacial score (nSPS) is 14.6. The average Bonchev–Trinajstić information content (AvgIpc) is 2.83. The molecule has 0 bridgehead atoms. The van der Waals surface area contributed by atoms with Crippen molar-refractivity contribution in [2.75, 3.05) is 19.8 Å². The van der Waals surface area contributed by atoms with Crippen LogP contribution in [0, 0.1) is 0 Å². The number of rotatable bonds is 11. The van der Waals surface area contributed by atoms with Crippen molar-refractivity contribution >= 4 is 55.8 Å². The summed E-state index contributed by atoms with van der Waals surface area (Å²) in [5.41, 5.74) is 1.04. The van der Waals surface area contributed by atoms with Gasteiger partial charge in [-0.05, 0) is 86.7 Å². The fourth-order valence-corrected chi connectivity index (χ4v) is 4.83. The summed E-state index contributed by atoms with van der Waals surface area (Å²) < 4.78 is 18.2. The van der Waals surface area contributed by atoms with Crippen molar-refractivity contribution in [2.45, 2.75) is 26.8 Å². The van der Waals surface area contributed by atoms with Crippen LogP contribution in [0.4, 0.5) is 4.79 Å². The zero-order valence-corrected chi connectivity index (χ0v) is 23.1. The van der Waals surface area contributed by atoms with Gasteiger partial charge in [-0.2, -0.15) is 0 Å². The summed E-state index contributed by atoms with van der Waals surface area (Å²) >= 11 is 6.88. The molecule has 10 heteroatoms. The number of urea groups is 1. The second-order valence-electron chi connectivity index (χ2n) is 7.68. The number of imide groups is 2. The summed E-state index contributed by atoms with van der Waals surface area (Å²) in [6.07, 6.45) is 3.89. The minimum Gasteiger partial charge on any atom is -0.490 e. The molecule has 1 aliphatic rings. The molecule has 1 N–H and O–H groups in total. The van der Waals surface area contributed by atoms with E-state index in [0.717, 1.165) is 11.3 Å². The topological polar surface area (TPSA) is 94.2 Å². The first kappa shape index (κ1) is 27.5. The lowest BCUT2D eigenvalue weighted by Gasteiger charge is -2.26. The molecule has 8 nitrogen and oxygen atoms in total. The summed E-state index contributed by atoms with van der Waals surface area (Å²) in [7, 11) is 0. The second-order valence-corrected chi connectivity index (χ2v) is 9.39. The van der Waals surface area contributed by atoms with Crippen LogP contribution in [0.15, 0.2) is 57.5 Å². The Balaban J connectivity index is 1.88. The first-order chi connectivity index (χ1) is 17.3. The van der Waals surface area contributed by atoms with E-state index in [1.807, 2.05) is 13.8 Å². The van der Waals surface area contributed by atoms with Crippen molar-refractivity contribution < 1.29 is 28.6 Å². The van der Waals surface area contributed by atoms with Crippen molar-refractivity contribution in [2.24, 2.45) is 0 Å². The number of ether oxygens (including phenoxy) is 3. The summed E-state index contributed by atoms with van der Waals surface area (Å²) in [5.74, 6) is 0.203. The highest BCUT2D eigenvalue weighted by molar-refractivity contribution is 9.11. The zero-order chi connectivity index (χ0) is 26.2. The van der Waals surface area contributed by atoms with Crippen LogP contribution in [0.3, 0.4) is 0 Å². The molecular weight excluding hydrogens is 596 g/mol. The maximum atomic E-state index is 13.2. The lowest BCUT2D eigenvalue weighted by Crippen LogP contribution is -2.53. The Morgan fingerprint density at radius 3 is 2.36 bits per heavy atom. The third-order valence-electron chi connectivity index (χ3n) is 4.97. The van der Waals surface area contributed by atoms with E-state index in [-0.39, 0.29) is 12.1 Å². The largest absolute Gasteiger partial charge is 0.490 e. The zero-order valence-electron chi connectivity index (χ0n) is 19.9. The average molecular weight is 622 g/mol. The van der Waals surface area contributed by atoms with Gasteiger partial charge in [-0.1, -0.05) is 25.6 Å². The van der Waals surface area contributed by atoms with Crippen molar-refractivity contribution in [3.8, 4) is 17.2 Å². The lowest BCUT2D eigenvalue weighted by atomic mass is 10.1. The molecule has 0 aromatic heterocycles. The van der Waals surface area contributed by atoms with E-state index in [2.05, 4.69) is 43.8 Å². The highest BCUT2D eigenvalue weighted by Gasteiger charge is 2.36. The van der Waals surface area contributed by atoms with E-state index in [9.17, 15) is 14.4 Å². The van der Waals surface area contributed by atoms with Crippen LogP contribution < -0.4 is 19.5 Å². The number of carbonyl (C=O) groups is 3. The number of barbiturate groups is 1. The Labute approximate surface area is 226 Å². The Hall–Kier alpha value is -3.11. The van der Waals surface area contributed by atoms with Crippen LogP contribution in [0.5, 0.6) is 17.2 Å². The minimum atomic E-state index is -0.790. The van der Waals surface area contributed by atoms with E-state index >= 15 is 0 Å². The van der Waals surface area contributed by atoms with Gasteiger partial charge in [0.1, 0.15) is 17.9 Å². The van der Waals surface area contributed by atoms with E-state index in [0.29, 0.717) is 57.1 Å². The molecule has 4 amide bonds. The van der Waals surface area contributed by atoms with Crippen LogP contribution >= 0.6 is 31.9 Å². The van der Waals surface area contributed by atoms with Crippen LogP contribution in [0.25, 0.3) is 6.08 Å². The number of hydrogen-bond donors (Lipinski definition) is 1. The number of amides is 4. The smallest absolute Gasteiger partial charge is 0.331 e. The van der Waals surface area contributed by atoms with Gasteiger partial charge in [-0.3, -0.25) is 19.8 Å². The van der Waals surface area contributed by atoms with E-state index < -0.39 is 17.8 Å². The van der Waals surface area contributed by atoms with Gasteiger partial charge < -0.3 is 14.2 Å². The molecule has 1 fully saturated rings. The van der Waals surface area contributed by atoms with Gasteiger partial charge in [0.15, 0.2) is 11.5 Å². The molecule has 0 aliphatic carbocycles. The molecule has 36 heavy (non-hydrogen) atoms. The predicted octanol–water partition coefficient (Wildman–Crippen LogP) is 5.63.